The number of ether oxygens (including phenoxy) is 1. The number of allylic oxidation sites excluding steroid dienone is 2. The molecule has 1 unspecified atom stereocenters. The summed E-state index contributed by atoms with van der Waals surface area (Å²) in [5, 5.41) is 18.8. The second-order valence-corrected chi connectivity index (χ2v) is 5.72. The van der Waals surface area contributed by atoms with E-state index in [2.05, 4.69) is 13.8 Å². The molecule has 5 nitrogen and oxygen atoms in total. The van der Waals surface area contributed by atoms with E-state index in [1.165, 1.54) is 25.5 Å². The predicted molar refractivity (Wildman–Crippen MR) is 88.1 cm³/mol. The van der Waals surface area contributed by atoms with E-state index in [4.69, 9.17) is 9.84 Å². The normalized spacial score (nSPS) is 20.3. The quantitative estimate of drug-likeness (QED) is 0.762. The van der Waals surface area contributed by atoms with Gasteiger partial charge in [-0.2, -0.15) is 0 Å². The number of aliphatic hydroxyl groups excluding tert-OH is 1. The number of ketones is 1. The lowest BCUT2D eigenvalue weighted by Crippen LogP contribution is -2.28. The zero-order valence-corrected chi connectivity index (χ0v) is 14.3. The van der Waals surface area contributed by atoms with Crippen LogP contribution in [0.2, 0.25) is 0 Å². The van der Waals surface area contributed by atoms with E-state index in [0.717, 1.165) is 6.42 Å². The molecule has 2 aliphatic rings. The number of aliphatic hydroxyl groups is 1. The van der Waals surface area contributed by atoms with Crippen LogP contribution < -0.4 is 0 Å². The molecule has 23 heavy (non-hydrogen) atoms. The average molecular weight is 322 g/mol. The highest BCUT2D eigenvalue weighted by Gasteiger charge is 2.37. The molecule has 128 valence electrons. The van der Waals surface area contributed by atoms with Crippen molar-refractivity contribution < 1.29 is 24.5 Å². The van der Waals surface area contributed by atoms with Crippen LogP contribution in [-0.2, 0) is 14.3 Å². The van der Waals surface area contributed by atoms with E-state index < -0.39 is 23.1 Å². The summed E-state index contributed by atoms with van der Waals surface area (Å²) in [5.74, 6) is -2.54. The highest BCUT2D eigenvalue weighted by Crippen LogP contribution is 2.36. The highest BCUT2D eigenvalue weighted by atomic mass is 16.5. The van der Waals surface area contributed by atoms with Gasteiger partial charge in [-0.05, 0) is 24.5 Å². The van der Waals surface area contributed by atoms with E-state index in [0.29, 0.717) is 17.6 Å². The molecule has 0 fully saturated rings. The number of carbonyl (C=O) groups is 2. The lowest BCUT2D eigenvalue weighted by atomic mass is 9.82. The molecule has 0 radical (unpaired) electrons. The van der Waals surface area contributed by atoms with Crippen LogP contribution in [0.1, 0.15) is 59.8 Å². The van der Waals surface area contributed by atoms with Crippen LogP contribution in [0.15, 0.2) is 34.3 Å². The largest absolute Gasteiger partial charge is 0.507 e. The summed E-state index contributed by atoms with van der Waals surface area (Å²) in [7, 11) is 0. The Labute approximate surface area is 137 Å². The van der Waals surface area contributed by atoms with Gasteiger partial charge in [0, 0.05) is 6.42 Å². The van der Waals surface area contributed by atoms with E-state index in [1.807, 2.05) is 6.92 Å². The third-order valence-corrected chi connectivity index (χ3v) is 4.03. The first kappa shape index (κ1) is 19.0. The van der Waals surface area contributed by atoms with Crippen molar-refractivity contribution in [2.45, 2.75) is 65.9 Å². The molecule has 2 N–H and O–H groups in total. The minimum absolute atomic E-state index is 0.0364. The first-order valence-electron chi connectivity index (χ1n) is 8.16. The van der Waals surface area contributed by atoms with Gasteiger partial charge in [0.25, 0.3) is 0 Å². The average Bonchev–Trinajstić information content (AvgIpc) is 2.53. The minimum atomic E-state index is -1.42. The van der Waals surface area contributed by atoms with Crippen molar-refractivity contribution in [1.82, 2.24) is 0 Å². The number of carbonyl (C=O) groups excluding carboxylic acids is 1. The van der Waals surface area contributed by atoms with Crippen molar-refractivity contribution in [2.75, 3.05) is 0 Å². The molecule has 0 amide bonds. The Hall–Kier alpha value is -2.04. The topological polar surface area (TPSA) is 83.8 Å². The van der Waals surface area contributed by atoms with Gasteiger partial charge in [-0.1, -0.05) is 40.0 Å². The van der Waals surface area contributed by atoms with Crippen molar-refractivity contribution in [1.29, 1.82) is 0 Å². The number of aliphatic carboxylic acids is 1. The fraction of sp³-hybridized carbons (Fsp3) is 0.556. The monoisotopic (exact) mass is 322 g/mol. The summed E-state index contributed by atoms with van der Waals surface area (Å²) in [6.07, 6.45) is 6.65. The second-order valence-electron chi connectivity index (χ2n) is 5.72. The number of unbranched alkanes of at least 4 members (excludes halogenated alkanes) is 2. The molecule has 2 rings (SSSR count). The van der Waals surface area contributed by atoms with E-state index in [-0.39, 0.29) is 11.7 Å². The molecular formula is C18H26O5. The Bertz CT molecular complexity index is 564. The molecule has 0 aromatic heterocycles. The fourth-order valence-corrected chi connectivity index (χ4v) is 2.53. The van der Waals surface area contributed by atoms with Gasteiger partial charge in [0.05, 0.1) is 11.8 Å². The summed E-state index contributed by atoms with van der Waals surface area (Å²) in [4.78, 5) is 23.0. The number of fused-ring (bicyclic) bond motifs is 1. The van der Waals surface area contributed by atoms with Gasteiger partial charge >= 0.3 is 5.97 Å². The molecule has 0 bridgehead atoms. The molecule has 0 saturated carbocycles. The van der Waals surface area contributed by atoms with E-state index in [1.54, 1.807) is 6.92 Å². The molecule has 1 aliphatic heterocycles. The lowest BCUT2D eigenvalue weighted by molar-refractivity contribution is -0.134. The summed E-state index contributed by atoms with van der Waals surface area (Å²) >= 11 is 0. The standard InChI is InChI=1S/C13H14O5.C5H12/c1-3-7-4-8-6(2)11(14)10(13(16)17)12(15)9(8)5-18-7;1-3-5-4-2/h5,7,14H,3-4H2,1-2H3,(H,16,17);3-5H2,1-2H3. The van der Waals surface area contributed by atoms with Crippen LogP contribution in [0.5, 0.6) is 0 Å². The van der Waals surface area contributed by atoms with Gasteiger partial charge in [0.2, 0.25) is 5.78 Å². The maximum atomic E-state index is 12.0. The Balaban J connectivity index is 0.000000463. The third-order valence-electron chi connectivity index (χ3n) is 4.03. The second kappa shape index (κ2) is 8.56. The maximum Gasteiger partial charge on any atom is 0.343 e. The van der Waals surface area contributed by atoms with Crippen LogP contribution in [0.4, 0.5) is 0 Å². The molecule has 0 saturated heterocycles. The van der Waals surface area contributed by atoms with Crippen LogP contribution in [-0.4, -0.2) is 28.1 Å². The minimum Gasteiger partial charge on any atom is -0.507 e. The maximum absolute atomic E-state index is 12.0. The summed E-state index contributed by atoms with van der Waals surface area (Å²) in [6, 6.07) is 0. The van der Waals surface area contributed by atoms with Crippen molar-refractivity contribution in [3.05, 3.63) is 34.3 Å². The van der Waals surface area contributed by atoms with Crippen molar-refractivity contribution in [3.63, 3.8) is 0 Å². The van der Waals surface area contributed by atoms with Gasteiger partial charge in [-0.3, -0.25) is 4.79 Å². The Morgan fingerprint density at radius 2 is 1.91 bits per heavy atom. The van der Waals surface area contributed by atoms with Crippen LogP contribution in [0.25, 0.3) is 0 Å². The lowest BCUT2D eigenvalue weighted by Gasteiger charge is -2.28. The zero-order chi connectivity index (χ0) is 17.6. The van der Waals surface area contributed by atoms with Gasteiger partial charge in [-0.15, -0.1) is 0 Å². The number of hydrogen-bond donors (Lipinski definition) is 2. The number of rotatable bonds is 4. The summed E-state index contributed by atoms with van der Waals surface area (Å²) in [5.41, 5.74) is 0.786. The Morgan fingerprint density at radius 1 is 1.30 bits per heavy atom. The molecular weight excluding hydrogens is 296 g/mol. The third kappa shape index (κ3) is 4.24. The number of hydrogen-bond acceptors (Lipinski definition) is 4. The number of carboxylic acids is 1. The van der Waals surface area contributed by atoms with E-state index >= 15 is 0 Å². The number of carboxylic acid groups (broad SMARTS) is 1. The fourth-order valence-electron chi connectivity index (χ4n) is 2.53. The van der Waals surface area contributed by atoms with Crippen molar-refractivity contribution in [3.8, 4) is 0 Å². The predicted octanol–water partition coefficient (Wildman–Crippen LogP) is 4.06. The van der Waals surface area contributed by atoms with Crippen LogP contribution >= 0.6 is 0 Å². The molecule has 0 aromatic rings. The van der Waals surface area contributed by atoms with Gasteiger partial charge in [-0.25, -0.2) is 4.79 Å². The summed E-state index contributed by atoms with van der Waals surface area (Å²) in [6.45, 7) is 8.00. The zero-order valence-electron chi connectivity index (χ0n) is 14.3. The van der Waals surface area contributed by atoms with Gasteiger partial charge in [0.15, 0.2) is 0 Å². The summed E-state index contributed by atoms with van der Waals surface area (Å²) < 4.78 is 5.36. The molecule has 1 atom stereocenters. The Kier molecular flexibility index (Phi) is 7.07. The SMILES string of the molecule is CCC1CC2=C(C)C(O)=C(C(=O)O)C(=O)C2=CO1.CCCCC. The van der Waals surface area contributed by atoms with Gasteiger partial charge < -0.3 is 14.9 Å². The molecule has 0 spiro atoms. The number of Topliss-reactive ketones (excluding diaryl/α,β-unsaturated/α-hetero) is 1. The van der Waals surface area contributed by atoms with Crippen molar-refractivity contribution >= 4 is 11.8 Å². The van der Waals surface area contributed by atoms with Gasteiger partial charge in [0.1, 0.15) is 17.4 Å². The Morgan fingerprint density at radius 3 is 2.35 bits per heavy atom. The molecule has 1 aliphatic carbocycles. The molecule has 0 aromatic carbocycles. The first-order valence-corrected chi connectivity index (χ1v) is 8.16. The van der Waals surface area contributed by atoms with E-state index in [9.17, 15) is 14.7 Å². The molecule has 5 heteroatoms. The van der Waals surface area contributed by atoms with Crippen LogP contribution in [0, 0.1) is 0 Å². The smallest absolute Gasteiger partial charge is 0.343 e. The van der Waals surface area contributed by atoms with Crippen molar-refractivity contribution in [2.24, 2.45) is 0 Å². The van der Waals surface area contributed by atoms with Crippen LogP contribution in [0.3, 0.4) is 0 Å². The first-order chi connectivity index (χ1) is 10.9. The highest BCUT2D eigenvalue weighted by molar-refractivity contribution is 6.26. The molecule has 1 heterocycles.